The zero-order valence-corrected chi connectivity index (χ0v) is 9.13. The minimum absolute atomic E-state index is 0.0365. The van der Waals surface area contributed by atoms with Crippen molar-refractivity contribution >= 4 is 5.97 Å². The summed E-state index contributed by atoms with van der Waals surface area (Å²) in [6, 6.07) is -0.170. The summed E-state index contributed by atoms with van der Waals surface area (Å²) in [5.41, 5.74) is 0.711. The SMILES string of the molecule is CCC(CO)n1nnc(C(=O)O)c1C1CC1. The molecule has 16 heavy (non-hydrogen) atoms. The van der Waals surface area contributed by atoms with E-state index in [1.807, 2.05) is 6.92 Å². The van der Waals surface area contributed by atoms with Crippen LogP contribution in [0.5, 0.6) is 0 Å². The van der Waals surface area contributed by atoms with Gasteiger partial charge < -0.3 is 10.2 Å². The fourth-order valence-corrected chi connectivity index (χ4v) is 1.84. The van der Waals surface area contributed by atoms with Gasteiger partial charge in [0.05, 0.1) is 18.3 Å². The second-order valence-electron chi connectivity index (χ2n) is 4.09. The van der Waals surface area contributed by atoms with Crippen LogP contribution < -0.4 is 0 Å². The summed E-state index contributed by atoms with van der Waals surface area (Å²) >= 11 is 0. The van der Waals surface area contributed by atoms with E-state index in [-0.39, 0.29) is 24.3 Å². The monoisotopic (exact) mass is 225 g/mol. The molecule has 2 rings (SSSR count). The Labute approximate surface area is 92.9 Å². The van der Waals surface area contributed by atoms with Gasteiger partial charge in [-0.2, -0.15) is 0 Å². The summed E-state index contributed by atoms with van der Waals surface area (Å²) < 4.78 is 1.58. The van der Waals surface area contributed by atoms with Crippen molar-refractivity contribution in [1.29, 1.82) is 0 Å². The molecule has 0 aliphatic heterocycles. The van der Waals surface area contributed by atoms with Crippen LogP contribution in [0.3, 0.4) is 0 Å². The lowest BCUT2D eigenvalue weighted by atomic mass is 10.2. The molecule has 88 valence electrons. The number of rotatable bonds is 5. The molecule has 0 aromatic carbocycles. The number of aliphatic hydroxyl groups excluding tert-OH is 1. The van der Waals surface area contributed by atoms with Crippen molar-refractivity contribution < 1.29 is 15.0 Å². The molecule has 1 aromatic heterocycles. The molecule has 1 fully saturated rings. The molecule has 1 heterocycles. The van der Waals surface area contributed by atoms with Gasteiger partial charge in [0.25, 0.3) is 0 Å². The standard InChI is InChI=1S/C10H15N3O3/c1-2-7(5-14)13-9(6-3-4-6)8(10(15)16)11-12-13/h6-7,14H,2-5H2,1H3,(H,15,16). The van der Waals surface area contributed by atoms with Crippen molar-refractivity contribution in [3.8, 4) is 0 Å². The predicted molar refractivity (Wildman–Crippen MR) is 55.4 cm³/mol. The largest absolute Gasteiger partial charge is 0.476 e. The van der Waals surface area contributed by atoms with E-state index < -0.39 is 5.97 Å². The van der Waals surface area contributed by atoms with Gasteiger partial charge in [0.15, 0.2) is 5.69 Å². The van der Waals surface area contributed by atoms with Crippen LogP contribution in [-0.4, -0.2) is 37.8 Å². The predicted octanol–water partition coefficient (Wildman–Crippen LogP) is 0.797. The average Bonchev–Trinajstić information content (AvgIpc) is 3.01. The summed E-state index contributed by atoms with van der Waals surface area (Å²) in [5, 5.41) is 25.8. The van der Waals surface area contributed by atoms with E-state index >= 15 is 0 Å². The van der Waals surface area contributed by atoms with Crippen molar-refractivity contribution in [3.05, 3.63) is 11.4 Å². The normalized spacial score (nSPS) is 17.4. The number of aromatic nitrogens is 3. The first-order valence-electron chi connectivity index (χ1n) is 5.48. The zero-order valence-electron chi connectivity index (χ0n) is 9.13. The van der Waals surface area contributed by atoms with Gasteiger partial charge >= 0.3 is 5.97 Å². The maximum Gasteiger partial charge on any atom is 0.358 e. The topological polar surface area (TPSA) is 88.2 Å². The van der Waals surface area contributed by atoms with E-state index in [4.69, 9.17) is 5.11 Å². The molecule has 2 N–H and O–H groups in total. The Morgan fingerprint density at radius 3 is 2.75 bits per heavy atom. The average molecular weight is 225 g/mol. The maximum atomic E-state index is 11.0. The van der Waals surface area contributed by atoms with Gasteiger partial charge in [-0.05, 0) is 19.3 Å². The van der Waals surface area contributed by atoms with Crippen LogP contribution in [0.4, 0.5) is 0 Å². The summed E-state index contributed by atoms with van der Waals surface area (Å²) in [6.07, 6.45) is 2.67. The van der Waals surface area contributed by atoms with Gasteiger partial charge in [-0.3, -0.25) is 0 Å². The quantitative estimate of drug-likeness (QED) is 0.773. The lowest BCUT2D eigenvalue weighted by Gasteiger charge is -2.14. The third-order valence-electron chi connectivity index (χ3n) is 2.93. The van der Waals surface area contributed by atoms with Gasteiger partial charge in [-0.25, -0.2) is 9.48 Å². The molecule has 1 saturated carbocycles. The maximum absolute atomic E-state index is 11.0. The van der Waals surface area contributed by atoms with Crippen LogP contribution in [0.15, 0.2) is 0 Å². The number of carbonyl (C=O) groups is 1. The Kier molecular flexibility index (Phi) is 2.91. The van der Waals surface area contributed by atoms with Crippen molar-refractivity contribution in [1.82, 2.24) is 15.0 Å². The molecule has 0 bridgehead atoms. The molecule has 6 nitrogen and oxygen atoms in total. The molecule has 1 unspecified atom stereocenters. The van der Waals surface area contributed by atoms with Crippen molar-refractivity contribution in [2.45, 2.75) is 38.1 Å². The number of aliphatic hydroxyl groups is 1. The highest BCUT2D eigenvalue weighted by atomic mass is 16.4. The Hall–Kier alpha value is -1.43. The van der Waals surface area contributed by atoms with Crippen LogP contribution in [0, 0.1) is 0 Å². The highest BCUT2D eigenvalue weighted by molar-refractivity contribution is 5.86. The van der Waals surface area contributed by atoms with Gasteiger partial charge in [0.1, 0.15) is 0 Å². The molecule has 1 aliphatic carbocycles. The van der Waals surface area contributed by atoms with Crippen LogP contribution in [-0.2, 0) is 0 Å². The van der Waals surface area contributed by atoms with E-state index in [0.717, 1.165) is 12.8 Å². The lowest BCUT2D eigenvalue weighted by Crippen LogP contribution is -2.17. The number of nitrogens with zero attached hydrogens (tertiary/aromatic N) is 3. The van der Waals surface area contributed by atoms with Crippen LogP contribution in [0.2, 0.25) is 0 Å². The summed E-state index contributed by atoms with van der Waals surface area (Å²) in [4.78, 5) is 11.0. The van der Waals surface area contributed by atoms with E-state index in [0.29, 0.717) is 12.1 Å². The summed E-state index contributed by atoms with van der Waals surface area (Å²) in [5.74, 6) is -0.789. The molecule has 1 aromatic rings. The molecule has 0 amide bonds. The number of aromatic carboxylic acids is 1. The Balaban J connectivity index is 2.41. The van der Waals surface area contributed by atoms with E-state index in [9.17, 15) is 9.90 Å². The van der Waals surface area contributed by atoms with Gasteiger partial charge in [0, 0.05) is 5.92 Å². The number of carboxylic acid groups (broad SMARTS) is 1. The van der Waals surface area contributed by atoms with Crippen LogP contribution in [0.1, 0.15) is 54.3 Å². The molecular formula is C10H15N3O3. The van der Waals surface area contributed by atoms with Gasteiger partial charge in [-0.15, -0.1) is 5.10 Å². The minimum atomic E-state index is -1.04. The van der Waals surface area contributed by atoms with E-state index in [1.165, 1.54) is 0 Å². The van der Waals surface area contributed by atoms with Crippen LogP contribution >= 0.6 is 0 Å². The number of hydrogen-bond donors (Lipinski definition) is 2. The highest BCUT2D eigenvalue weighted by Crippen LogP contribution is 2.42. The molecule has 0 saturated heterocycles. The Morgan fingerprint density at radius 2 is 2.31 bits per heavy atom. The molecular weight excluding hydrogens is 210 g/mol. The molecule has 1 atom stereocenters. The molecule has 1 aliphatic rings. The molecule has 0 spiro atoms. The van der Waals surface area contributed by atoms with Crippen molar-refractivity contribution in [2.24, 2.45) is 0 Å². The van der Waals surface area contributed by atoms with Crippen molar-refractivity contribution in [3.63, 3.8) is 0 Å². The smallest absolute Gasteiger partial charge is 0.358 e. The first kappa shape index (κ1) is 11.1. The number of hydrogen-bond acceptors (Lipinski definition) is 4. The summed E-state index contributed by atoms with van der Waals surface area (Å²) in [7, 11) is 0. The van der Waals surface area contributed by atoms with Gasteiger partial charge in [-0.1, -0.05) is 12.1 Å². The Bertz CT molecular complexity index is 394. The molecule has 0 radical (unpaired) electrons. The highest BCUT2D eigenvalue weighted by Gasteiger charge is 2.35. The first-order valence-corrected chi connectivity index (χ1v) is 5.48. The third kappa shape index (κ3) is 1.80. The van der Waals surface area contributed by atoms with E-state index in [1.54, 1.807) is 4.68 Å². The first-order chi connectivity index (χ1) is 7.69. The Morgan fingerprint density at radius 1 is 1.62 bits per heavy atom. The summed E-state index contributed by atoms with van der Waals surface area (Å²) in [6.45, 7) is 1.89. The fraction of sp³-hybridized carbons (Fsp3) is 0.700. The van der Waals surface area contributed by atoms with Gasteiger partial charge in [0.2, 0.25) is 0 Å². The van der Waals surface area contributed by atoms with E-state index in [2.05, 4.69) is 10.3 Å². The lowest BCUT2D eigenvalue weighted by molar-refractivity contribution is 0.0689. The van der Waals surface area contributed by atoms with Crippen LogP contribution in [0.25, 0.3) is 0 Å². The second kappa shape index (κ2) is 4.21. The third-order valence-corrected chi connectivity index (χ3v) is 2.93. The number of carboxylic acids is 1. The zero-order chi connectivity index (χ0) is 11.7. The minimum Gasteiger partial charge on any atom is -0.476 e. The second-order valence-corrected chi connectivity index (χ2v) is 4.09. The van der Waals surface area contributed by atoms with Crippen molar-refractivity contribution in [2.75, 3.05) is 6.61 Å². The fourth-order valence-electron chi connectivity index (χ4n) is 1.84. The molecule has 6 heteroatoms.